The van der Waals surface area contributed by atoms with E-state index in [1.54, 1.807) is 56.9 Å². The van der Waals surface area contributed by atoms with Gasteiger partial charge in [-0.1, -0.05) is 30.3 Å². The number of amides is 1. The Morgan fingerprint density at radius 3 is 2.28 bits per heavy atom. The maximum atomic E-state index is 12.9. The summed E-state index contributed by atoms with van der Waals surface area (Å²) in [6.45, 7) is 7.48. The van der Waals surface area contributed by atoms with Crippen LogP contribution in [0.1, 0.15) is 52.0 Å². The Kier molecular flexibility index (Phi) is 7.21. The predicted octanol–water partition coefficient (Wildman–Crippen LogP) is 3.63. The number of hydrogen-bond donors (Lipinski definition) is 0. The molecule has 0 N–H and O–H groups in total. The first-order chi connectivity index (χ1) is 13.6. The molecule has 1 unspecified atom stereocenters. The van der Waals surface area contributed by atoms with Gasteiger partial charge in [0.1, 0.15) is 5.60 Å². The summed E-state index contributed by atoms with van der Waals surface area (Å²) >= 11 is 0. The fraction of sp³-hybridized carbons (Fsp3) is 0.619. The molecule has 1 atom stereocenters. The highest BCUT2D eigenvalue weighted by atomic mass is 16.6. The number of nitro groups is 1. The Hall–Kier alpha value is -2.64. The molecule has 29 heavy (non-hydrogen) atoms. The van der Waals surface area contributed by atoms with Crippen molar-refractivity contribution in [3.8, 4) is 0 Å². The summed E-state index contributed by atoms with van der Waals surface area (Å²) < 4.78 is 10.7. The third-order valence-electron chi connectivity index (χ3n) is 5.12. The third-order valence-corrected chi connectivity index (χ3v) is 5.12. The van der Waals surface area contributed by atoms with Gasteiger partial charge in [0.15, 0.2) is 0 Å². The highest BCUT2D eigenvalue weighted by Crippen LogP contribution is 2.45. The lowest BCUT2D eigenvalue weighted by molar-refractivity contribution is -0.499. The van der Waals surface area contributed by atoms with Gasteiger partial charge in [-0.3, -0.25) is 14.9 Å². The molecule has 1 fully saturated rings. The van der Waals surface area contributed by atoms with E-state index >= 15 is 0 Å². The van der Waals surface area contributed by atoms with Gasteiger partial charge in [0.2, 0.25) is 6.54 Å². The van der Waals surface area contributed by atoms with Crippen molar-refractivity contribution in [3.63, 3.8) is 0 Å². The molecule has 0 bridgehead atoms. The number of rotatable bonds is 6. The van der Waals surface area contributed by atoms with E-state index in [1.165, 1.54) is 0 Å². The Labute approximate surface area is 171 Å². The van der Waals surface area contributed by atoms with Crippen LogP contribution in [-0.4, -0.2) is 53.7 Å². The summed E-state index contributed by atoms with van der Waals surface area (Å²) in [5.74, 6) is -1.24. The summed E-state index contributed by atoms with van der Waals surface area (Å²) in [5.41, 5.74) is -0.863. The molecule has 1 amide bonds. The highest BCUT2D eigenvalue weighted by molar-refractivity contribution is 5.79. The zero-order valence-electron chi connectivity index (χ0n) is 17.6. The van der Waals surface area contributed by atoms with Gasteiger partial charge < -0.3 is 14.4 Å². The van der Waals surface area contributed by atoms with Gasteiger partial charge in [-0.15, -0.1) is 0 Å². The maximum Gasteiger partial charge on any atom is 0.410 e. The monoisotopic (exact) mass is 406 g/mol. The van der Waals surface area contributed by atoms with Crippen LogP contribution in [0.4, 0.5) is 4.79 Å². The summed E-state index contributed by atoms with van der Waals surface area (Å²) in [7, 11) is 0. The maximum absolute atomic E-state index is 12.9. The third kappa shape index (κ3) is 5.92. The second-order valence-electron chi connectivity index (χ2n) is 8.42. The van der Waals surface area contributed by atoms with Crippen LogP contribution in [0, 0.1) is 15.5 Å². The fourth-order valence-electron chi connectivity index (χ4n) is 3.87. The van der Waals surface area contributed by atoms with Gasteiger partial charge in [-0.2, -0.15) is 0 Å². The lowest BCUT2D eigenvalue weighted by Crippen LogP contribution is -2.51. The Morgan fingerprint density at radius 2 is 1.79 bits per heavy atom. The number of nitrogens with zero attached hydrogens (tertiary/aromatic N) is 2. The largest absolute Gasteiger partial charge is 0.466 e. The molecule has 0 saturated carbocycles. The van der Waals surface area contributed by atoms with Crippen molar-refractivity contribution in [1.29, 1.82) is 0 Å². The molecule has 8 heteroatoms. The Morgan fingerprint density at radius 1 is 1.21 bits per heavy atom. The second-order valence-corrected chi connectivity index (χ2v) is 8.42. The van der Waals surface area contributed by atoms with Crippen molar-refractivity contribution in [1.82, 2.24) is 4.90 Å². The molecule has 8 nitrogen and oxygen atoms in total. The molecule has 0 radical (unpaired) electrons. The quantitative estimate of drug-likeness (QED) is 0.406. The fourth-order valence-corrected chi connectivity index (χ4v) is 3.87. The van der Waals surface area contributed by atoms with Crippen LogP contribution in [0.3, 0.4) is 0 Å². The molecule has 1 aromatic rings. The average Bonchev–Trinajstić information content (AvgIpc) is 2.61. The lowest BCUT2D eigenvalue weighted by Gasteiger charge is -2.43. The topological polar surface area (TPSA) is 99.0 Å². The van der Waals surface area contributed by atoms with E-state index in [0.29, 0.717) is 18.4 Å². The number of piperidine rings is 1. The van der Waals surface area contributed by atoms with E-state index in [4.69, 9.17) is 9.47 Å². The van der Waals surface area contributed by atoms with Crippen LogP contribution >= 0.6 is 0 Å². The summed E-state index contributed by atoms with van der Waals surface area (Å²) in [6, 6.07) is 9.03. The first-order valence-corrected chi connectivity index (χ1v) is 9.89. The molecule has 160 valence electrons. The first kappa shape index (κ1) is 22.6. The van der Waals surface area contributed by atoms with Crippen molar-refractivity contribution in [2.75, 3.05) is 26.2 Å². The van der Waals surface area contributed by atoms with Gasteiger partial charge in [0, 0.05) is 18.0 Å². The number of likely N-dealkylation sites (tertiary alicyclic amines) is 1. The molecule has 0 aliphatic carbocycles. The van der Waals surface area contributed by atoms with Crippen LogP contribution in [0.5, 0.6) is 0 Å². The van der Waals surface area contributed by atoms with Gasteiger partial charge in [0.25, 0.3) is 0 Å². The van der Waals surface area contributed by atoms with Gasteiger partial charge in [0.05, 0.1) is 17.9 Å². The van der Waals surface area contributed by atoms with Crippen molar-refractivity contribution < 1.29 is 24.0 Å². The molecule has 2 rings (SSSR count). The van der Waals surface area contributed by atoms with Crippen molar-refractivity contribution in [3.05, 3.63) is 46.0 Å². The van der Waals surface area contributed by atoms with Crippen LogP contribution < -0.4 is 0 Å². The SMILES string of the molecule is CCOC(=O)C(c1ccccc1)C1(C[N+](=O)[O-])CCN(C(=O)OC(C)(C)C)CC1. The molecule has 1 aromatic carbocycles. The number of benzene rings is 1. The average molecular weight is 406 g/mol. The molecular weight excluding hydrogens is 376 g/mol. The van der Waals surface area contributed by atoms with Crippen LogP contribution in [-0.2, 0) is 14.3 Å². The van der Waals surface area contributed by atoms with E-state index in [1.807, 2.05) is 6.07 Å². The summed E-state index contributed by atoms with van der Waals surface area (Å²) in [4.78, 5) is 38.0. The zero-order valence-corrected chi connectivity index (χ0v) is 17.6. The first-order valence-electron chi connectivity index (χ1n) is 9.89. The predicted molar refractivity (Wildman–Crippen MR) is 107 cm³/mol. The number of esters is 1. The molecular formula is C21H30N2O6. The Bertz CT molecular complexity index is 720. The molecule has 1 aliphatic heterocycles. The van der Waals surface area contributed by atoms with E-state index in [0.717, 1.165) is 0 Å². The van der Waals surface area contributed by atoms with Crippen molar-refractivity contribution >= 4 is 12.1 Å². The van der Waals surface area contributed by atoms with Crippen LogP contribution in [0.2, 0.25) is 0 Å². The Balaban J connectivity index is 2.32. The van der Waals surface area contributed by atoms with Gasteiger partial charge >= 0.3 is 12.1 Å². The van der Waals surface area contributed by atoms with E-state index in [9.17, 15) is 19.7 Å². The van der Waals surface area contributed by atoms with E-state index in [-0.39, 0.29) is 31.2 Å². The van der Waals surface area contributed by atoms with Gasteiger partial charge in [-0.05, 0) is 46.1 Å². The highest BCUT2D eigenvalue weighted by Gasteiger charge is 2.51. The number of hydrogen-bond acceptors (Lipinski definition) is 6. The van der Waals surface area contributed by atoms with Crippen molar-refractivity contribution in [2.45, 2.75) is 52.1 Å². The molecule has 1 heterocycles. The minimum Gasteiger partial charge on any atom is -0.466 e. The molecule has 0 spiro atoms. The number of carbonyl (C=O) groups is 2. The zero-order chi connectivity index (χ0) is 21.7. The molecule has 1 aliphatic rings. The van der Waals surface area contributed by atoms with E-state index < -0.39 is 29.0 Å². The second kappa shape index (κ2) is 9.24. The van der Waals surface area contributed by atoms with E-state index in [2.05, 4.69) is 0 Å². The van der Waals surface area contributed by atoms with Crippen LogP contribution in [0.15, 0.2) is 30.3 Å². The van der Waals surface area contributed by atoms with Gasteiger partial charge in [-0.25, -0.2) is 4.79 Å². The lowest BCUT2D eigenvalue weighted by atomic mass is 9.66. The standard InChI is InChI=1S/C21H30N2O6/c1-5-28-18(24)17(16-9-7-6-8-10-16)21(15-23(26)27)11-13-22(14-12-21)19(25)29-20(2,3)4/h6-10,17H,5,11-15H2,1-4H3. The molecule has 1 saturated heterocycles. The number of ether oxygens (including phenoxy) is 2. The normalized spacial score (nSPS) is 17.3. The smallest absolute Gasteiger partial charge is 0.410 e. The summed E-state index contributed by atoms with van der Waals surface area (Å²) in [6.07, 6.45) is 0.177. The molecule has 0 aromatic heterocycles. The van der Waals surface area contributed by atoms with Crippen LogP contribution in [0.25, 0.3) is 0 Å². The van der Waals surface area contributed by atoms with Crippen molar-refractivity contribution in [2.24, 2.45) is 5.41 Å². The number of carbonyl (C=O) groups excluding carboxylic acids is 2. The minimum atomic E-state index is -0.935. The summed E-state index contributed by atoms with van der Waals surface area (Å²) in [5, 5.41) is 11.5. The minimum absolute atomic E-state index is 0.195.